The first-order valence-corrected chi connectivity index (χ1v) is 9.42. The molecule has 1 saturated heterocycles. The minimum absolute atomic E-state index is 0.167. The van der Waals surface area contributed by atoms with Crippen LogP contribution in [0.1, 0.15) is 43.4 Å². The third kappa shape index (κ3) is 4.90. The molecule has 0 radical (unpaired) electrons. The van der Waals surface area contributed by atoms with Crippen molar-refractivity contribution in [3.05, 3.63) is 75.8 Å². The molecule has 0 aliphatic carbocycles. The van der Waals surface area contributed by atoms with E-state index in [1.807, 2.05) is 6.07 Å². The molecule has 1 heterocycles. The fourth-order valence-corrected chi connectivity index (χ4v) is 3.69. The highest BCUT2D eigenvalue weighted by Gasteiger charge is 2.22. The van der Waals surface area contributed by atoms with Gasteiger partial charge in [0.05, 0.1) is 4.92 Å². The first-order valence-electron chi connectivity index (χ1n) is 9.42. The van der Waals surface area contributed by atoms with E-state index in [4.69, 9.17) is 0 Å². The van der Waals surface area contributed by atoms with Gasteiger partial charge in [-0.3, -0.25) is 15.0 Å². The number of hydrogen-bond acceptors (Lipinski definition) is 4. The van der Waals surface area contributed by atoms with Gasteiger partial charge < -0.3 is 5.32 Å². The van der Waals surface area contributed by atoms with Crippen molar-refractivity contribution in [2.45, 2.75) is 44.8 Å². The molecular weight excluding hydrogens is 326 g/mol. The summed E-state index contributed by atoms with van der Waals surface area (Å²) in [6.45, 7) is 5.30. The second-order valence-corrected chi connectivity index (χ2v) is 7.02. The summed E-state index contributed by atoms with van der Waals surface area (Å²) in [4.78, 5) is 13.2. The van der Waals surface area contributed by atoms with Crippen LogP contribution in [0.5, 0.6) is 0 Å². The Bertz CT molecular complexity index is 712. The molecule has 1 aliphatic rings. The first kappa shape index (κ1) is 18.5. The Kier molecular flexibility index (Phi) is 6.36. The van der Waals surface area contributed by atoms with E-state index in [-0.39, 0.29) is 16.7 Å². The van der Waals surface area contributed by atoms with Crippen LogP contribution < -0.4 is 5.32 Å². The largest absolute Gasteiger partial charge is 0.307 e. The topological polar surface area (TPSA) is 58.4 Å². The molecule has 5 nitrogen and oxygen atoms in total. The van der Waals surface area contributed by atoms with Crippen molar-refractivity contribution in [2.24, 2.45) is 0 Å². The SMILES string of the molecule is CCC(NC1CCN(Cc2ccccc2)CC1)c1cccc([N+](=O)[O-])c1. The number of rotatable bonds is 7. The van der Waals surface area contributed by atoms with Crippen LogP contribution >= 0.6 is 0 Å². The average Bonchev–Trinajstić information content (AvgIpc) is 2.68. The van der Waals surface area contributed by atoms with Crippen molar-refractivity contribution in [1.29, 1.82) is 0 Å². The average molecular weight is 353 g/mol. The molecule has 1 unspecified atom stereocenters. The van der Waals surface area contributed by atoms with Gasteiger partial charge in [-0.1, -0.05) is 49.4 Å². The highest BCUT2D eigenvalue weighted by atomic mass is 16.6. The van der Waals surface area contributed by atoms with Crippen molar-refractivity contribution in [1.82, 2.24) is 10.2 Å². The number of benzene rings is 2. The molecule has 1 atom stereocenters. The third-order valence-electron chi connectivity index (χ3n) is 5.17. The van der Waals surface area contributed by atoms with Crippen molar-refractivity contribution in [3.63, 3.8) is 0 Å². The monoisotopic (exact) mass is 353 g/mol. The van der Waals surface area contributed by atoms with E-state index in [9.17, 15) is 10.1 Å². The van der Waals surface area contributed by atoms with Gasteiger partial charge in [0.25, 0.3) is 5.69 Å². The number of nitro groups is 1. The van der Waals surface area contributed by atoms with Gasteiger partial charge in [-0.15, -0.1) is 0 Å². The normalized spacial score (nSPS) is 17.1. The molecule has 138 valence electrons. The highest BCUT2D eigenvalue weighted by Crippen LogP contribution is 2.24. The van der Waals surface area contributed by atoms with Crippen LogP contribution in [0.25, 0.3) is 0 Å². The molecule has 1 fully saturated rings. The molecule has 0 spiro atoms. The minimum Gasteiger partial charge on any atom is -0.307 e. The molecule has 3 rings (SSSR count). The Morgan fingerprint density at radius 2 is 1.88 bits per heavy atom. The minimum atomic E-state index is -0.321. The fraction of sp³-hybridized carbons (Fsp3) is 0.429. The maximum Gasteiger partial charge on any atom is 0.269 e. The first-order chi connectivity index (χ1) is 12.7. The Balaban J connectivity index is 1.54. The zero-order valence-corrected chi connectivity index (χ0v) is 15.3. The zero-order chi connectivity index (χ0) is 18.4. The number of non-ortho nitro benzene ring substituents is 1. The summed E-state index contributed by atoms with van der Waals surface area (Å²) in [6, 6.07) is 18.2. The van der Waals surface area contributed by atoms with Crippen molar-refractivity contribution in [3.8, 4) is 0 Å². The summed E-state index contributed by atoms with van der Waals surface area (Å²) in [5.74, 6) is 0. The number of nitrogens with one attached hydrogen (secondary N) is 1. The van der Waals surface area contributed by atoms with Gasteiger partial charge in [-0.25, -0.2) is 0 Å². The van der Waals surface area contributed by atoms with Crippen LogP contribution in [-0.4, -0.2) is 29.0 Å². The number of likely N-dealkylation sites (tertiary alicyclic amines) is 1. The Morgan fingerprint density at radius 3 is 2.54 bits per heavy atom. The van der Waals surface area contributed by atoms with E-state index >= 15 is 0 Å². The molecule has 1 N–H and O–H groups in total. The van der Waals surface area contributed by atoms with E-state index in [0.29, 0.717) is 6.04 Å². The molecule has 5 heteroatoms. The van der Waals surface area contributed by atoms with E-state index in [0.717, 1.165) is 44.5 Å². The van der Waals surface area contributed by atoms with Crippen molar-refractivity contribution >= 4 is 5.69 Å². The summed E-state index contributed by atoms with van der Waals surface area (Å²) in [6.07, 6.45) is 3.14. The summed E-state index contributed by atoms with van der Waals surface area (Å²) in [7, 11) is 0. The van der Waals surface area contributed by atoms with Crippen LogP contribution in [0.2, 0.25) is 0 Å². The lowest BCUT2D eigenvalue weighted by Crippen LogP contribution is -2.43. The summed E-state index contributed by atoms with van der Waals surface area (Å²) < 4.78 is 0. The third-order valence-corrected chi connectivity index (χ3v) is 5.17. The molecular formula is C21H27N3O2. The van der Waals surface area contributed by atoms with Gasteiger partial charge >= 0.3 is 0 Å². The number of nitrogens with zero attached hydrogens (tertiary/aromatic N) is 2. The molecule has 0 amide bonds. The molecule has 0 aromatic heterocycles. The van der Waals surface area contributed by atoms with Crippen molar-refractivity contribution in [2.75, 3.05) is 13.1 Å². The Labute approximate surface area is 155 Å². The maximum atomic E-state index is 11.0. The molecule has 0 saturated carbocycles. The number of hydrogen-bond donors (Lipinski definition) is 1. The van der Waals surface area contributed by atoms with Crippen LogP contribution in [0, 0.1) is 10.1 Å². The molecule has 26 heavy (non-hydrogen) atoms. The zero-order valence-electron chi connectivity index (χ0n) is 15.3. The maximum absolute atomic E-state index is 11.0. The highest BCUT2D eigenvalue weighted by molar-refractivity contribution is 5.35. The van der Waals surface area contributed by atoms with Gasteiger partial charge in [-0.05, 0) is 43.5 Å². The summed E-state index contributed by atoms with van der Waals surface area (Å²) in [5.41, 5.74) is 2.54. The van der Waals surface area contributed by atoms with Crippen LogP contribution in [0.3, 0.4) is 0 Å². The van der Waals surface area contributed by atoms with Crippen molar-refractivity contribution < 1.29 is 4.92 Å². The van der Waals surface area contributed by atoms with Crippen LogP contribution in [-0.2, 0) is 6.54 Å². The smallest absolute Gasteiger partial charge is 0.269 e. The standard InChI is InChI=1S/C21H27N3O2/c1-2-21(18-9-6-10-20(15-18)24(25)26)22-19-11-13-23(14-12-19)16-17-7-4-3-5-8-17/h3-10,15,19,21-22H,2,11-14,16H2,1H3. The number of nitro benzene ring substituents is 1. The van der Waals surface area contributed by atoms with E-state index in [1.54, 1.807) is 18.2 Å². The second-order valence-electron chi connectivity index (χ2n) is 7.02. The molecule has 2 aromatic rings. The van der Waals surface area contributed by atoms with E-state index < -0.39 is 0 Å². The lowest BCUT2D eigenvalue weighted by atomic mass is 9.98. The Hall–Kier alpha value is -2.24. The molecule has 2 aromatic carbocycles. The van der Waals surface area contributed by atoms with E-state index in [1.165, 1.54) is 5.56 Å². The van der Waals surface area contributed by atoms with Gasteiger partial charge in [0, 0.05) is 30.8 Å². The van der Waals surface area contributed by atoms with Gasteiger partial charge in [0.1, 0.15) is 0 Å². The predicted octanol–water partition coefficient (Wildman–Crippen LogP) is 4.30. The van der Waals surface area contributed by atoms with Gasteiger partial charge in [0.2, 0.25) is 0 Å². The van der Waals surface area contributed by atoms with Crippen LogP contribution in [0.4, 0.5) is 5.69 Å². The quantitative estimate of drug-likeness (QED) is 0.595. The predicted molar refractivity (Wildman–Crippen MR) is 104 cm³/mol. The summed E-state index contributed by atoms with van der Waals surface area (Å²) in [5, 5.41) is 14.7. The lowest BCUT2D eigenvalue weighted by Gasteiger charge is -2.34. The number of piperidine rings is 1. The molecule has 0 bridgehead atoms. The molecule has 1 aliphatic heterocycles. The fourth-order valence-electron chi connectivity index (χ4n) is 3.69. The second kappa shape index (κ2) is 8.92. The van der Waals surface area contributed by atoms with Crippen LogP contribution in [0.15, 0.2) is 54.6 Å². The summed E-state index contributed by atoms with van der Waals surface area (Å²) >= 11 is 0. The lowest BCUT2D eigenvalue weighted by molar-refractivity contribution is -0.384. The van der Waals surface area contributed by atoms with E-state index in [2.05, 4.69) is 47.5 Å². The van der Waals surface area contributed by atoms with Gasteiger partial charge in [-0.2, -0.15) is 0 Å². The Morgan fingerprint density at radius 1 is 1.15 bits per heavy atom. The van der Waals surface area contributed by atoms with Gasteiger partial charge in [0.15, 0.2) is 0 Å².